The molecule has 0 unspecified atom stereocenters. The summed E-state index contributed by atoms with van der Waals surface area (Å²) in [6.45, 7) is 1.88. The van der Waals surface area contributed by atoms with Crippen LogP contribution in [0.5, 0.6) is 0 Å². The number of amides is 2. The summed E-state index contributed by atoms with van der Waals surface area (Å²) in [4.78, 5) is 12.3. The highest BCUT2D eigenvalue weighted by Gasteiger charge is 2.30. The van der Waals surface area contributed by atoms with Crippen LogP contribution >= 0.6 is 0 Å². The van der Waals surface area contributed by atoms with Gasteiger partial charge in [0.2, 0.25) is 0 Å². The zero-order valence-electron chi connectivity index (χ0n) is 13.8. The molecule has 0 radical (unpaired) electrons. The third kappa shape index (κ3) is 4.05. The quantitative estimate of drug-likeness (QED) is 0.642. The molecule has 26 heavy (non-hydrogen) atoms. The minimum absolute atomic E-state index is 0.0625. The lowest BCUT2D eigenvalue weighted by atomic mass is 10.2. The fourth-order valence-corrected chi connectivity index (χ4v) is 2.53. The van der Waals surface area contributed by atoms with Crippen LogP contribution in [0.3, 0.4) is 0 Å². The van der Waals surface area contributed by atoms with Gasteiger partial charge in [0.05, 0.1) is 16.9 Å². The first kappa shape index (κ1) is 17.6. The summed E-state index contributed by atoms with van der Waals surface area (Å²) in [7, 11) is 0. The Morgan fingerprint density at radius 3 is 2.38 bits per heavy atom. The van der Waals surface area contributed by atoms with Crippen molar-refractivity contribution in [1.29, 1.82) is 0 Å². The van der Waals surface area contributed by atoms with Crippen molar-refractivity contribution in [2.75, 3.05) is 10.6 Å². The van der Waals surface area contributed by atoms with E-state index in [1.54, 1.807) is 6.07 Å². The summed E-state index contributed by atoms with van der Waals surface area (Å²) < 4.78 is 40.2. The van der Waals surface area contributed by atoms with E-state index in [0.717, 1.165) is 23.4 Å². The van der Waals surface area contributed by atoms with E-state index in [9.17, 15) is 18.0 Å². The minimum Gasteiger partial charge on any atom is -0.322 e. The first-order valence-corrected chi connectivity index (χ1v) is 7.82. The lowest BCUT2D eigenvalue weighted by Gasteiger charge is -2.14. The molecule has 3 rings (SSSR count). The molecule has 2 N–H and O–H groups in total. The molecule has 3 aromatic rings. The van der Waals surface area contributed by atoms with Crippen LogP contribution in [0.1, 0.15) is 11.1 Å². The largest absolute Gasteiger partial charge is 0.416 e. The van der Waals surface area contributed by atoms with Gasteiger partial charge in [-0.2, -0.15) is 13.2 Å². The fourth-order valence-electron chi connectivity index (χ4n) is 2.53. The smallest absolute Gasteiger partial charge is 0.322 e. The SMILES string of the molecule is Cc1ccc(-n2cccc2)c(NC(=O)Nc2cccc(C(F)(F)F)c2)c1. The number of aryl methyl sites for hydroxylation is 1. The molecule has 1 aromatic heterocycles. The molecular formula is C19H16F3N3O. The van der Waals surface area contributed by atoms with Gasteiger partial charge in [0.15, 0.2) is 0 Å². The van der Waals surface area contributed by atoms with E-state index in [4.69, 9.17) is 0 Å². The van der Waals surface area contributed by atoms with E-state index in [-0.39, 0.29) is 5.69 Å². The summed E-state index contributed by atoms with van der Waals surface area (Å²) in [5, 5.41) is 5.13. The van der Waals surface area contributed by atoms with E-state index in [0.29, 0.717) is 5.69 Å². The predicted octanol–water partition coefficient (Wildman–Crippen LogP) is 5.45. The molecule has 4 nitrogen and oxygen atoms in total. The highest BCUT2D eigenvalue weighted by Crippen LogP contribution is 2.30. The average molecular weight is 359 g/mol. The number of hydrogen-bond donors (Lipinski definition) is 2. The second-order valence-electron chi connectivity index (χ2n) is 5.77. The molecule has 0 saturated heterocycles. The van der Waals surface area contributed by atoms with E-state index in [1.807, 2.05) is 48.1 Å². The number of nitrogens with one attached hydrogen (secondary N) is 2. The first-order chi connectivity index (χ1) is 12.3. The van der Waals surface area contributed by atoms with Crippen molar-refractivity contribution >= 4 is 17.4 Å². The van der Waals surface area contributed by atoms with Crippen LogP contribution < -0.4 is 10.6 Å². The maximum atomic E-state index is 12.8. The maximum Gasteiger partial charge on any atom is 0.416 e. The molecule has 1 heterocycles. The second kappa shape index (κ2) is 6.95. The van der Waals surface area contributed by atoms with Crippen molar-refractivity contribution < 1.29 is 18.0 Å². The zero-order chi connectivity index (χ0) is 18.7. The Kier molecular flexibility index (Phi) is 4.71. The van der Waals surface area contributed by atoms with Crippen LogP contribution in [-0.4, -0.2) is 10.6 Å². The summed E-state index contributed by atoms with van der Waals surface area (Å²) in [6, 6.07) is 13.1. The van der Waals surface area contributed by atoms with Crippen LogP contribution in [0.2, 0.25) is 0 Å². The van der Waals surface area contributed by atoms with Gasteiger partial charge in [-0.25, -0.2) is 4.79 Å². The number of hydrogen-bond acceptors (Lipinski definition) is 1. The van der Waals surface area contributed by atoms with E-state index in [1.165, 1.54) is 12.1 Å². The summed E-state index contributed by atoms with van der Waals surface area (Å²) in [5.41, 5.74) is 1.48. The van der Waals surface area contributed by atoms with Crippen molar-refractivity contribution in [3.05, 3.63) is 78.1 Å². The molecule has 2 amide bonds. The van der Waals surface area contributed by atoms with Crippen LogP contribution in [0.4, 0.5) is 29.3 Å². The molecule has 134 valence electrons. The van der Waals surface area contributed by atoms with Gasteiger partial charge in [0.25, 0.3) is 0 Å². The van der Waals surface area contributed by atoms with E-state index < -0.39 is 17.8 Å². The molecule has 0 bridgehead atoms. The number of nitrogens with zero attached hydrogens (tertiary/aromatic N) is 1. The number of urea groups is 1. The van der Waals surface area contributed by atoms with E-state index >= 15 is 0 Å². The highest BCUT2D eigenvalue weighted by molar-refractivity contribution is 6.01. The Morgan fingerprint density at radius 1 is 0.962 bits per heavy atom. The standard InChI is InChI=1S/C19H16F3N3O/c1-13-7-8-17(25-9-2-3-10-25)16(11-13)24-18(26)23-15-6-4-5-14(12-15)19(20,21)22/h2-12H,1H3,(H2,23,24,26). The normalized spacial score (nSPS) is 11.2. The topological polar surface area (TPSA) is 46.1 Å². The molecule has 0 fully saturated rings. The van der Waals surface area contributed by atoms with Crippen molar-refractivity contribution in [3.8, 4) is 5.69 Å². The van der Waals surface area contributed by atoms with Gasteiger partial charge in [0, 0.05) is 18.1 Å². The molecule has 0 spiro atoms. The number of aromatic nitrogens is 1. The number of halogens is 3. The minimum atomic E-state index is -4.47. The van der Waals surface area contributed by atoms with Crippen LogP contribution in [0.25, 0.3) is 5.69 Å². The van der Waals surface area contributed by atoms with Crippen LogP contribution in [0.15, 0.2) is 67.0 Å². The van der Waals surface area contributed by atoms with Crippen molar-refractivity contribution in [2.45, 2.75) is 13.1 Å². The van der Waals surface area contributed by atoms with E-state index in [2.05, 4.69) is 10.6 Å². The fraction of sp³-hybridized carbons (Fsp3) is 0.105. The monoisotopic (exact) mass is 359 g/mol. The third-order valence-electron chi connectivity index (χ3n) is 3.73. The molecule has 0 atom stereocenters. The number of rotatable bonds is 3. The number of carbonyl (C=O) groups excluding carboxylic acids is 1. The number of alkyl halides is 3. The Hall–Kier alpha value is -3.22. The number of benzene rings is 2. The molecule has 0 aliphatic rings. The molecule has 0 saturated carbocycles. The lowest BCUT2D eigenvalue weighted by Crippen LogP contribution is -2.21. The highest BCUT2D eigenvalue weighted by atomic mass is 19.4. The third-order valence-corrected chi connectivity index (χ3v) is 3.73. The van der Waals surface area contributed by atoms with Gasteiger partial charge in [-0.3, -0.25) is 0 Å². The zero-order valence-corrected chi connectivity index (χ0v) is 13.8. The second-order valence-corrected chi connectivity index (χ2v) is 5.77. The predicted molar refractivity (Wildman–Crippen MR) is 94.6 cm³/mol. The summed E-state index contributed by atoms with van der Waals surface area (Å²) in [5.74, 6) is 0. The van der Waals surface area contributed by atoms with Crippen molar-refractivity contribution in [1.82, 2.24) is 4.57 Å². The Morgan fingerprint density at radius 2 is 1.69 bits per heavy atom. The van der Waals surface area contributed by atoms with Gasteiger partial charge >= 0.3 is 12.2 Å². The van der Waals surface area contributed by atoms with Gasteiger partial charge in [0.1, 0.15) is 0 Å². The maximum absolute atomic E-state index is 12.8. The van der Waals surface area contributed by atoms with Crippen LogP contribution in [-0.2, 0) is 6.18 Å². The Balaban J connectivity index is 1.80. The number of anilines is 2. The number of carbonyl (C=O) groups is 1. The van der Waals surface area contributed by atoms with Gasteiger partial charge in [-0.15, -0.1) is 0 Å². The van der Waals surface area contributed by atoms with Gasteiger partial charge in [-0.05, 0) is 55.0 Å². The molecular weight excluding hydrogens is 343 g/mol. The molecule has 7 heteroatoms. The summed E-state index contributed by atoms with van der Waals surface area (Å²) in [6.07, 6.45) is -0.798. The van der Waals surface area contributed by atoms with Crippen molar-refractivity contribution in [2.24, 2.45) is 0 Å². The van der Waals surface area contributed by atoms with Gasteiger partial charge in [-0.1, -0.05) is 12.1 Å². The summed E-state index contributed by atoms with van der Waals surface area (Å²) >= 11 is 0. The van der Waals surface area contributed by atoms with Crippen molar-refractivity contribution in [3.63, 3.8) is 0 Å². The lowest BCUT2D eigenvalue weighted by molar-refractivity contribution is -0.137. The average Bonchev–Trinajstić information content (AvgIpc) is 3.08. The molecule has 0 aliphatic heterocycles. The van der Waals surface area contributed by atoms with Crippen LogP contribution in [0, 0.1) is 6.92 Å². The molecule has 2 aromatic carbocycles. The Bertz CT molecular complexity index is 918. The Labute approximate surface area is 148 Å². The molecule has 0 aliphatic carbocycles. The van der Waals surface area contributed by atoms with Gasteiger partial charge < -0.3 is 15.2 Å². The first-order valence-electron chi connectivity index (χ1n) is 7.82.